The number of thiazole rings is 2. The molecule has 2 heterocycles. The Labute approximate surface area is 252 Å². The van der Waals surface area contributed by atoms with E-state index in [0.717, 1.165) is 37.1 Å². The average Bonchev–Trinajstić information content (AvgIpc) is 3.51. The van der Waals surface area contributed by atoms with Gasteiger partial charge in [0.15, 0.2) is 19.4 Å². The zero-order valence-electron chi connectivity index (χ0n) is 23.8. The van der Waals surface area contributed by atoms with Crippen LogP contribution in [0.4, 0.5) is 11.6 Å². The quantitative estimate of drug-likeness (QED) is 0.162. The van der Waals surface area contributed by atoms with Gasteiger partial charge in [-0.15, -0.1) is 0 Å². The van der Waals surface area contributed by atoms with Crippen molar-refractivity contribution in [2.24, 2.45) is 9.98 Å². The number of unbranched alkanes of at least 4 members (excludes halogenated alkanes) is 3. The van der Waals surface area contributed by atoms with Gasteiger partial charge in [-0.2, -0.15) is 0 Å². The maximum atomic E-state index is 12.4. The zero-order valence-corrected chi connectivity index (χ0v) is 25.5. The maximum absolute atomic E-state index is 12.4. The van der Waals surface area contributed by atoms with E-state index < -0.39 is 11.9 Å². The van der Waals surface area contributed by atoms with E-state index in [4.69, 9.17) is 30.9 Å². The van der Waals surface area contributed by atoms with E-state index in [1.807, 2.05) is 60.7 Å². The third-order valence-electron chi connectivity index (χ3n) is 6.23. The lowest BCUT2D eigenvalue weighted by molar-refractivity contribution is 0.0523. The molecule has 0 aliphatic heterocycles. The first-order chi connectivity index (χ1) is 20.5. The van der Waals surface area contributed by atoms with E-state index in [9.17, 15) is 9.59 Å². The topological polar surface area (TPSA) is 139 Å². The van der Waals surface area contributed by atoms with Crippen LogP contribution in [0.25, 0.3) is 11.4 Å². The van der Waals surface area contributed by atoms with Crippen LogP contribution in [-0.2, 0) is 9.47 Å². The van der Waals surface area contributed by atoms with Gasteiger partial charge in [0.25, 0.3) is 0 Å². The number of hydrogen-bond acceptors (Lipinski definition) is 10. The summed E-state index contributed by atoms with van der Waals surface area (Å²) in [5.74, 6) is -0.216. The van der Waals surface area contributed by atoms with Crippen molar-refractivity contribution in [2.75, 3.05) is 37.8 Å². The molecule has 0 aliphatic carbocycles. The van der Waals surface area contributed by atoms with E-state index in [1.54, 1.807) is 23.0 Å². The molecular weight excluding hydrogens is 573 g/mol. The Hall–Kier alpha value is -4.16. The Morgan fingerprint density at radius 2 is 1.05 bits per heavy atom. The first-order valence-corrected chi connectivity index (χ1v) is 15.6. The monoisotopic (exact) mass is 608 g/mol. The maximum Gasteiger partial charge on any atom is 0.352 e. The van der Waals surface area contributed by atoms with Gasteiger partial charge in [0, 0.05) is 24.5 Å². The molecule has 2 aromatic carbocycles. The number of carbonyl (C=O) groups is 2. The van der Waals surface area contributed by atoms with E-state index in [2.05, 4.69) is 0 Å². The fourth-order valence-electron chi connectivity index (χ4n) is 4.26. The average molecular weight is 609 g/mol. The van der Waals surface area contributed by atoms with E-state index in [1.165, 1.54) is 22.7 Å². The van der Waals surface area contributed by atoms with Crippen LogP contribution in [0.1, 0.15) is 58.9 Å². The van der Waals surface area contributed by atoms with Crippen LogP contribution < -0.4 is 21.1 Å². The summed E-state index contributed by atoms with van der Waals surface area (Å²) in [7, 11) is 0. The fraction of sp³-hybridized carbons (Fsp3) is 0.333. The normalized spacial score (nSPS) is 12.0. The van der Waals surface area contributed by atoms with Crippen molar-refractivity contribution in [3.63, 3.8) is 0 Å². The predicted molar refractivity (Wildman–Crippen MR) is 167 cm³/mol. The molecule has 2 aromatic heterocycles. The molecular formula is C30H36N6O4S2. The van der Waals surface area contributed by atoms with Gasteiger partial charge in [0.1, 0.15) is 11.6 Å². The van der Waals surface area contributed by atoms with Crippen LogP contribution in [0.3, 0.4) is 0 Å². The molecule has 4 N–H and O–H groups in total. The lowest BCUT2D eigenvalue weighted by Gasteiger charge is -2.06. The number of para-hydroxylation sites is 2. The SMILES string of the molecule is CCOC(=O)c1sc(=NCCCCCCN=c2sc(C(=O)OCC)c(N)n2-c2ccccc2)n(-c2ccccc2)c1N. The minimum absolute atomic E-state index is 0.277. The van der Waals surface area contributed by atoms with Crippen molar-refractivity contribution in [3.8, 4) is 11.4 Å². The molecule has 0 bridgehead atoms. The number of nitrogens with zero attached hydrogens (tertiary/aromatic N) is 4. The first kappa shape index (κ1) is 30.8. The predicted octanol–water partition coefficient (Wildman–Crippen LogP) is 4.97. The van der Waals surface area contributed by atoms with Gasteiger partial charge < -0.3 is 20.9 Å². The van der Waals surface area contributed by atoms with Crippen LogP contribution in [-0.4, -0.2) is 47.4 Å². The highest BCUT2D eigenvalue weighted by molar-refractivity contribution is 7.12. The molecule has 0 saturated carbocycles. The molecule has 4 aromatic rings. The summed E-state index contributed by atoms with van der Waals surface area (Å²) in [4.78, 5) is 36.5. The molecule has 42 heavy (non-hydrogen) atoms. The molecule has 4 rings (SSSR count). The number of aromatic nitrogens is 2. The summed E-state index contributed by atoms with van der Waals surface area (Å²) in [6, 6.07) is 19.2. The Bertz CT molecular complexity index is 1500. The second-order valence-corrected chi connectivity index (χ2v) is 11.1. The van der Waals surface area contributed by atoms with E-state index in [0.29, 0.717) is 44.1 Å². The number of hydrogen-bond donors (Lipinski definition) is 2. The second-order valence-electron chi connectivity index (χ2n) is 9.16. The van der Waals surface area contributed by atoms with Crippen LogP contribution in [0.5, 0.6) is 0 Å². The summed E-state index contributed by atoms with van der Waals surface area (Å²) in [6.07, 6.45) is 3.69. The number of anilines is 2. The smallest absolute Gasteiger partial charge is 0.352 e. The number of benzene rings is 2. The molecule has 222 valence electrons. The Kier molecular flexibility index (Phi) is 11.1. The number of nitrogen functional groups attached to an aromatic ring is 2. The van der Waals surface area contributed by atoms with Crippen molar-refractivity contribution in [1.29, 1.82) is 0 Å². The zero-order chi connectivity index (χ0) is 29.9. The van der Waals surface area contributed by atoms with Gasteiger partial charge >= 0.3 is 11.9 Å². The largest absolute Gasteiger partial charge is 0.462 e. The molecule has 0 radical (unpaired) electrons. The van der Waals surface area contributed by atoms with Crippen LogP contribution in [0, 0.1) is 0 Å². The lowest BCUT2D eigenvalue weighted by Crippen LogP contribution is -2.16. The molecule has 0 saturated heterocycles. The van der Waals surface area contributed by atoms with Gasteiger partial charge in [-0.25, -0.2) is 9.59 Å². The van der Waals surface area contributed by atoms with Crippen molar-refractivity contribution in [3.05, 3.63) is 80.0 Å². The van der Waals surface area contributed by atoms with Gasteiger partial charge in [-0.3, -0.25) is 19.1 Å². The summed E-state index contributed by atoms with van der Waals surface area (Å²) >= 11 is 2.49. The van der Waals surface area contributed by atoms with Crippen molar-refractivity contribution in [1.82, 2.24) is 9.13 Å². The van der Waals surface area contributed by atoms with Crippen LogP contribution >= 0.6 is 22.7 Å². The molecule has 0 amide bonds. The summed E-state index contributed by atoms with van der Waals surface area (Å²) in [5, 5.41) is 0. The first-order valence-electron chi connectivity index (χ1n) is 13.9. The van der Waals surface area contributed by atoms with Gasteiger partial charge in [0.2, 0.25) is 0 Å². The molecule has 0 unspecified atom stereocenters. The minimum atomic E-state index is -0.440. The molecule has 0 fully saturated rings. The Morgan fingerprint density at radius 3 is 1.40 bits per heavy atom. The third-order valence-corrected chi connectivity index (χ3v) is 8.38. The highest BCUT2D eigenvalue weighted by atomic mass is 32.1. The molecule has 12 heteroatoms. The number of rotatable bonds is 13. The number of ether oxygens (including phenoxy) is 2. The van der Waals surface area contributed by atoms with E-state index >= 15 is 0 Å². The fourth-order valence-corrected chi connectivity index (χ4v) is 6.20. The van der Waals surface area contributed by atoms with E-state index in [-0.39, 0.29) is 13.2 Å². The van der Waals surface area contributed by atoms with Crippen molar-refractivity contribution in [2.45, 2.75) is 39.5 Å². The Balaban J connectivity index is 1.40. The highest BCUT2D eigenvalue weighted by Gasteiger charge is 2.20. The van der Waals surface area contributed by atoms with Gasteiger partial charge in [-0.05, 0) is 51.0 Å². The van der Waals surface area contributed by atoms with Gasteiger partial charge in [-0.1, -0.05) is 71.9 Å². The molecule has 10 nitrogen and oxygen atoms in total. The number of esters is 2. The summed E-state index contributed by atoms with van der Waals surface area (Å²) in [5.41, 5.74) is 14.4. The third kappa shape index (κ3) is 7.37. The van der Waals surface area contributed by atoms with Crippen LogP contribution in [0.15, 0.2) is 70.6 Å². The van der Waals surface area contributed by atoms with Crippen LogP contribution in [0.2, 0.25) is 0 Å². The second kappa shape index (κ2) is 15.2. The lowest BCUT2D eigenvalue weighted by atomic mass is 10.2. The molecule has 0 atom stereocenters. The van der Waals surface area contributed by atoms with Crippen molar-refractivity contribution >= 4 is 46.2 Å². The minimum Gasteiger partial charge on any atom is -0.462 e. The highest BCUT2D eigenvalue weighted by Crippen LogP contribution is 2.22. The Morgan fingerprint density at radius 1 is 0.667 bits per heavy atom. The summed E-state index contributed by atoms with van der Waals surface area (Å²) < 4.78 is 14.0. The number of carbonyl (C=O) groups excluding carboxylic acids is 2. The van der Waals surface area contributed by atoms with Crippen molar-refractivity contribution < 1.29 is 19.1 Å². The number of nitrogens with two attached hydrogens (primary N) is 2. The standard InChI is InChI=1S/C30H36N6O4S2/c1-3-39-27(37)23-25(31)35(21-15-9-7-10-16-21)29(41-23)33-19-13-5-6-14-20-34-30-36(22-17-11-8-12-18-22)26(32)24(42-30)28(38)40-4-2/h7-12,15-18H,3-6,13-14,19-20,31-32H2,1-2H3. The van der Waals surface area contributed by atoms with Gasteiger partial charge in [0.05, 0.1) is 13.2 Å². The molecule has 0 spiro atoms. The summed E-state index contributed by atoms with van der Waals surface area (Å²) in [6.45, 7) is 5.29. The molecule has 0 aliphatic rings.